The molecule has 0 atom stereocenters. The van der Waals surface area contributed by atoms with E-state index in [2.05, 4.69) is 29.5 Å². The molecule has 172 valence electrons. The van der Waals surface area contributed by atoms with Crippen molar-refractivity contribution in [3.63, 3.8) is 0 Å². The van der Waals surface area contributed by atoms with Crippen LogP contribution in [-0.2, 0) is 0 Å². The largest absolute Gasteiger partial charge is 0.464 e. The molecule has 4 rings (SSSR count). The zero-order chi connectivity index (χ0) is 23.4. The van der Waals surface area contributed by atoms with Gasteiger partial charge in [0.15, 0.2) is 0 Å². The lowest BCUT2D eigenvalue weighted by molar-refractivity contribution is -0.874. The van der Waals surface area contributed by atoms with Crippen molar-refractivity contribution in [1.82, 2.24) is 4.98 Å². The second-order valence-electron chi connectivity index (χ2n) is 8.62. The second-order valence-corrected chi connectivity index (χ2v) is 9.06. The summed E-state index contributed by atoms with van der Waals surface area (Å²) in [5.41, 5.74) is 1.51. The third-order valence-electron chi connectivity index (χ3n) is 6.29. The van der Waals surface area contributed by atoms with E-state index in [1.54, 1.807) is 36.6 Å². The fourth-order valence-corrected chi connectivity index (χ4v) is 4.44. The van der Waals surface area contributed by atoms with Crippen LogP contribution in [0, 0.1) is 0 Å². The predicted molar refractivity (Wildman–Crippen MR) is 129 cm³/mol. The van der Waals surface area contributed by atoms with Crippen molar-refractivity contribution >= 4 is 35.0 Å². The van der Waals surface area contributed by atoms with Crippen molar-refractivity contribution in [2.24, 2.45) is 0 Å². The van der Waals surface area contributed by atoms with Gasteiger partial charge in [0, 0.05) is 11.8 Å². The predicted octanol–water partition coefficient (Wildman–Crippen LogP) is 6.19. The number of rotatable bonds is 5. The molecule has 0 radical (unpaired) electrons. The van der Waals surface area contributed by atoms with Gasteiger partial charge in [-0.15, -0.1) is 0 Å². The maximum Gasteiger partial charge on any atom is 0.421 e. The Morgan fingerprint density at radius 1 is 1.06 bits per heavy atom. The third kappa shape index (κ3) is 4.94. The molecule has 1 aromatic carbocycles. The number of furan rings is 1. The summed E-state index contributed by atoms with van der Waals surface area (Å²) in [5.74, 6) is 0.614. The molecular weight excluding hydrogens is 440 g/mol. The summed E-state index contributed by atoms with van der Waals surface area (Å²) in [6, 6.07) is 12.2. The van der Waals surface area contributed by atoms with E-state index in [4.69, 9.17) is 16.0 Å². The van der Waals surface area contributed by atoms with Gasteiger partial charge in [-0.05, 0) is 75.6 Å². The lowest BCUT2D eigenvalue weighted by Gasteiger charge is -2.41. The van der Waals surface area contributed by atoms with Gasteiger partial charge in [0.25, 0.3) is 5.91 Å². The molecule has 0 aliphatic carbocycles. The maximum absolute atomic E-state index is 13.5. The topological polar surface area (TPSA) is 84.2 Å². The standard InChI is InChI=1S/C25H27ClN4O3/c1-17(2)30(12-4-3-5-13-30)25(32)28-21-10-8-18(22-7-6-14-33-22)15-20(21)24(31)29-23-11-9-19(26)16-27-23/h6-11,14-17H,3-5,12-13H2,1-2H3,(H-,27,28,29,31,32)/p+1. The molecule has 1 aliphatic heterocycles. The number of amides is 3. The fourth-order valence-electron chi connectivity index (χ4n) is 4.33. The molecule has 2 N–H and O–H groups in total. The van der Waals surface area contributed by atoms with Crippen LogP contribution in [0.3, 0.4) is 0 Å². The molecule has 1 aliphatic rings. The Bertz CT molecular complexity index is 1120. The van der Waals surface area contributed by atoms with E-state index in [0.29, 0.717) is 32.3 Å². The summed E-state index contributed by atoms with van der Waals surface area (Å²) in [7, 11) is 0. The van der Waals surface area contributed by atoms with E-state index in [0.717, 1.165) is 37.9 Å². The zero-order valence-corrected chi connectivity index (χ0v) is 19.6. The minimum absolute atomic E-state index is 0.0888. The van der Waals surface area contributed by atoms with Crippen LogP contribution in [0.25, 0.3) is 11.3 Å². The molecule has 8 heteroatoms. The minimum atomic E-state index is -0.386. The van der Waals surface area contributed by atoms with Gasteiger partial charge in [-0.3, -0.25) is 10.1 Å². The highest BCUT2D eigenvalue weighted by atomic mass is 35.5. The van der Waals surface area contributed by atoms with Crippen LogP contribution in [0.15, 0.2) is 59.3 Å². The highest BCUT2D eigenvalue weighted by molar-refractivity contribution is 6.30. The molecule has 3 heterocycles. The molecule has 2 aromatic heterocycles. The van der Waals surface area contributed by atoms with Gasteiger partial charge in [-0.2, -0.15) is 0 Å². The quantitative estimate of drug-likeness (QED) is 0.438. The summed E-state index contributed by atoms with van der Waals surface area (Å²) < 4.78 is 5.86. The highest BCUT2D eigenvalue weighted by Gasteiger charge is 2.41. The third-order valence-corrected chi connectivity index (χ3v) is 6.51. The molecule has 1 saturated heterocycles. The Hall–Kier alpha value is -3.16. The van der Waals surface area contributed by atoms with Gasteiger partial charge in [0.2, 0.25) is 0 Å². The Labute approximate surface area is 198 Å². The van der Waals surface area contributed by atoms with E-state index < -0.39 is 0 Å². The van der Waals surface area contributed by atoms with Crippen molar-refractivity contribution in [2.75, 3.05) is 23.7 Å². The number of anilines is 2. The first kappa shape index (κ1) is 23.0. The second kappa shape index (κ2) is 9.77. The van der Waals surface area contributed by atoms with Crippen LogP contribution in [0.1, 0.15) is 43.5 Å². The Morgan fingerprint density at radius 3 is 2.48 bits per heavy atom. The van der Waals surface area contributed by atoms with E-state index in [1.165, 1.54) is 6.20 Å². The van der Waals surface area contributed by atoms with Gasteiger partial charge in [0.1, 0.15) is 11.6 Å². The van der Waals surface area contributed by atoms with E-state index in [1.807, 2.05) is 12.1 Å². The number of likely N-dealkylation sites (tertiary alicyclic amines) is 1. The Kier molecular flexibility index (Phi) is 6.81. The van der Waals surface area contributed by atoms with Crippen molar-refractivity contribution in [3.8, 4) is 11.3 Å². The van der Waals surface area contributed by atoms with Crippen LogP contribution in [-0.4, -0.2) is 40.5 Å². The number of piperidine rings is 1. The molecule has 3 amide bonds. The number of benzene rings is 1. The molecule has 0 spiro atoms. The monoisotopic (exact) mass is 467 g/mol. The zero-order valence-electron chi connectivity index (χ0n) is 18.8. The molecule has 3 aromatic rings. The van der Waals surface area contributed by atoms with Crippen LogP contribution < -0.4 is 10.6 Å². The number of carbonyl (C=O) groups excluding carboxylic acids is 2. The lowest BCUT2D eigenvalue weighted by atomic mass is 10.0. The SMILES string of the molecule is CC(C)[N+]1(C(=O)Nc2ccc(-c3ccco3)cc2C(=O)Nc2ccc(Cl)cn2)CCCCC1. The number of carbonyl (C=O) groups is 2. The number of nitrogens with one attached hydrogen (secondary N) is 2. The molecular formula is C25H28ClN4O3+. The first-order valence-corrected chi connectivity index (χ1v) is 11.6. The average molecular weight is 468 g/mol. The summed E-state index contributed by atoms with van der Waals surface area (Å²) >= 11 is 5.90. The average Bonchev–Trinajstić information content (AvgIpc) is 3.36. The minimum Gasteiger partial charge on any atom is -0.464 e. The molecule has 1 fully saturated rings. The van der Waals surface area contributed by atoms with Crippen molar-refractivity contribution < 1.29 is 18.5 Å². The molecule has 7 nitrogen and oxygen atoms in total. The van der Waals surface area contributed by atoms with Crippen LogP contribution in [0.2, 0.25) is 5.02 Å². The molecule has 0 saturated carbocycles. The van der Waals surface area contributed by atoms with Gasteiger partial charge < -0.3 is 9.73 Å². The number of urea groups is 1. The van der Waals surface area contributed by atoms with Crippen molar-refractivity contribution in [2.45, 2.75) is 39.2 Å². The number of hydrogen-bond donors (Lipinski definition) is 2. The number of hydrogen-bond acceptors (Lipinski definition) is 4. The van der Waals surface area contributed by atoms with Crippen LogP contribution in [0.4, 0.5) is 16.3 Å². The van der Waals surface area contributed by atoms with Gasteiger partial charge in [-0.25, -0.2) is 14.3 Å². The van der Waals surface area contributed by atoms with Crippen molar-refractivity contribution in [1.29, 1.82) is 0 Å². The van der Waals surface area contributed by atoms with Gasteiger partial charge in [-0.1, -0.05) is 11.6 Å². The smallest absolute Gasteiger partial charge is 0.421 e. The number of quaternary nitrogens is 1. The summed E-state index contributed by atoms with van der Waals surface area (Å²) in [6.45, 7) is 5.74. The van der Waals surface area contributed by atoms with Crippen molar-refractivity contribution in [3.05, 3.63) is 65.5 Å². The molecule has 0 bridgehead atoms. The summed E-state index contributed by atoms with van der Waals surface area (Å²) in [4.78, 5) is 30.9. The van der Waals surface area contributed by atoms with E-state index in [-0.39, 0.29) is 18.0 Å². The van der Waals surface area contributed by atoms with E-state index in [9.17, 15) is 9.59 Å². The van der Waals surface area contributed by atoms with Gasteiger partial charge >= 0.3 is 6.03 Å². The number of pyridine rings is 1. The van der Waals surface area contributed by atoms with Gasteiger partial charge in [0.05, 0.1) is 41.7 Å². The van der Waals surface area contributed by atoms with Crippen LogP contribution >= 0.6 is 11.6 Å². The summed E-state index contributed by atoms with van der Waals surface area (Å²) in [6.07, 6.45) is 6.21. The maximum atomic E-state index is 13.5. The van der Waals surface area contributed by atoms with E-state index >= 15 is 0 Å². The molecule has 0 unspecified atom stereocenters. The normalized spacial score (nSPS) is 15.3. The molecule has 33 heavy (non-hydrogen) atoms. The number of nitrogens with zero attached hydrogens (tertiary/aromatic N) is 2. The Balaban J connectivity index is 1.67. The first-order valence-electron chi connectivity index (χ1n) is 11.2. The highest BCUT2D eigenvalue weighted by Crippen LogP contribution is 2.29. The lowest BCUT2D eigenvalue weighted by Crippen LogP contribution is -2.61. The fraction of sp³-hybridized carbons (Fsp3) is 0.320. The number of halogens is 1. The Morgan fingerprint density at radius 2 is 1.85 bits per heavy atom. The van der Waals surface area contributed by atoms with Crippen LogP contribution in [0.5, 0.6) is 0 Å². The number of aromatic nitrogens is 1. The summed E-state index contributed by atoms with van der Waals surface area (Å²) in [5, 5.41) is 6.32. The first-order chi connectivity index (χ1) is 15.9.